The van der Waals surface area contributed by atoms with E-state index in [-0.39, 0.29) is 18.5 Å². The average molecular weight is 351 g/mol. The van der Waals surface area contributed by atoms with Crippen molar-refractivity contribution in [3.63, 3.8) is 0 Å². The molecule has 0 radical (unpaired) electrons. The van der Waals surface area contributed by atoms with E-state index in [1.165, 1.54) is 12.8 Å². The SMILES string of the molecule is Cc1nn(CC(=O)N[C@H](C)c2nncn2C2CCCC2)c(C)c1Cl. The maximum Gasteiger partial charge on any atom is 0.242 e. The Morgan fingerprint density at radius 2 is 2.12 bits per heavy atom. The first-order valence-corrected chi connectivity index (χ1v) is 8.73. The van der Waals surface area contributed by atoms with Crippen molar-refractivity contribution >= 4 is 17.5 Å². The minimum Gasteiger partial charge on any atom is -0.345 e. The minimum absolute atomic E-state index is 0.120. The van der Waals surface area contributed by atoms with Crippen molar-refractivity contribution in [2.24, 2.45) is 0 Å². The van der Waals surface area contributed by atoms with Gasteiger partial charge in [0.1, 0.15) is 12.9 Å². The van der Waals surface area contributed by atoms with E-state index in [0.717, 1.165) is 30.1 Å². The number of halogens is 1. The van der Waals surface area contributed by atoms with Gasteiger partial charge in [0, 0.05) is 6.04 Å². The van der Waals surface area contributed by atoms with Crippen molar-refractivity contribution in [3.05, 3.63) is 28.6 Å². The van der Waals surface area contributed by atoms with Gasteiger partial charge in [0.15, 0.2) is 5.82 Å². The van der Waals surface area contributed by atoms with Crippen molar-refractivity contribution in [2.45, 2.75) is 65.1 Å². The Kier molecular flexibility index (Phi) is 4.89. The molecule has 0 unspecified atom stereocenters. The van der Waals surface area contributed by atoms with Crippen LogP contribution in [0.4, 0.5) is 0 Å². The maximum absolute atomic E-state index is 12.4. The normalized spacial score (nSPS) is 16.5. The van der Waals surface area contributed by atoms with Crippen molar-refractivity contribution in [1.82, 2.24) is 29.9 Å². The molecule has 2 heterocycles. The second-order valence-electron chi connectivity index (χ2n) is 6.47. The Bertz CT molecular complexity index is 731. The summed E-state index contributed by atoms with van der Waals surface area (Å²) < 4.78 is 3.74. The zero-order valence-corrected chi connectivity index (χ0v) is 15.0. The summed E-state index contributed by atoms with van der Waals surface area (Å²) >= 11 is 6.13. The minimum atomic E-state index is -0.201. The van der Waals surface area contributed by atoms with Crippen LogP contribution in [0.3, 0.4) is 0 Å². The predicted octanol–water partition coefficient (Wildman–Crippen LogP) is 2.74. The molecule has 24 heavy (non-hydrogen) atoms. The highest BCUT2D eigenvalue weighted by Crippen LogP contribution is 2.31. The second kappa shape index (κ2) is 6.93. The lowest BCUT2D eigenvalue weighted by atomic mass is 10.2. The number of carbonyl (C=O) groups is 1. The van der Waals surface area contributed by atoms with Gasteiger partial charge in [-0.1, -0.05) is 24.4 Å². The lowest BCUT2D eigenvalue weighted by Crippen LogP contribution is -2.32. The van der Waals surface area contributed by atoms with Crippen LogP contribution in [0.15, 0.2) is 6.33 Å². The predicted molar refractivity (Wildman–Crippen MR) is 90.8 cm³/mol. The zero-order valence-electron chi connectivity index (χ0n) is 14.3. The second-order valence-corrected chi connectivity index (χ2v) is 6.84. The Labute approximate surface area is 146 Å². The molecule has 0 aliphatic heterocycles. The van der Waals surface area contributed by atoms with E-state index in [1.807, 2.05) is 20.8 Å². The molecule has 0 bridgehead atoms. The number of aromatic nitrogens is 5. The van der Waals surface area contributed by atoms with Crippen LogP contribution in [0.1, 0.15) is 61.9 Å². The van der Waals surface area contributed by atoms with Gasteiger partial charge in [-0.3, -0.25) is 9.48 Å². The summed E-state index contributed by atoms with van der Waals surface area (Å²) in [5, 5.41) is 16.1. The van der Waals surface area contributed by atoms with Gasteiger partial charge in [-0.25, -0.2) is 0 Å². The average Bonchev–Trinajstić information content (AvgIpc) is 3.25. The summed E-state index contributed by atoms with van der Waals surface area (Å²) in [4.78, 5) is 12.4. The molecule has 8 heteroatoms. The van der Waals surface area contributed by atoms with Crippen molar-refractivity contribution in [1.29, 1.82) is 0 Å². The Hall–Kier alpha value is -1.89. The third-order valence-electron chi connectivity index (χ3n) is 4.67. The maximum atomic E-state index is 12.4. The Morgan fingerprint density at radius 3 is 2.75 bits per heavy atom. The highest BCUT2D eigenvalue weighted by Gasteiger charge is 2.23. The zero-order chi connectivity index (χ0) is 17.3. The summed E-state index contributed by atoms with van der Waals surface area (Å²) in [6, 6.07) is 0.247. The molecule has 130 valence electrons. The number of amides is 1. The molecule has 1 aliphatic rings. The summed E-state index contributed by atoms with van der Waals surface area (Å²) in [6.45, 7) is 5.76. The molecule has 2 aromatic heterocycles. The molecule has 3 rings (SSSR count). The number of carbonyl (C=O) groups excluding carboxylic acids is 1. The van der Waals surface area contributed by atoms with Crippen LogP contribution in [0, 0.1) is 13.8 Å². The molecule has 1 N–H and O–H groups in total. The van der Waals surface area contributed by atoms with Crippen LogP contribution in [-0.4, -0.2) is 30.5 Å². The van der Waals surface area contributed by atoms with E-state index in [9.17, 15) is 4.79 Å². The molecule has 0 spiro atoms. The van der Waals surface area contributed by atoms with Crippen LogP contribution < -0.4 is 5.32 Å². The number of rotatable bonds is 5. The first-order chi connectivity index (χ1) is 11.5. The lowest BCUT2D eigenvalue weighted by Gasteiger charge is -2.18. The van der Waals surface area contributed by atoms with Gasteiger partial charge in [0.05, 0.1) is 22.5 Å². The van der Waals surface area contributed by atoms with Crippen molar-refractivity contribution in [2.75, 3.05) is 0 Å². The van der Waals surface area contributed by atoms with Crippen LogP contribution in [0.5, 0.6) is 0 Å². The lowest BCUT2D eigenvalue weighted by molar-refractivity contribution is -0.122. The molecule has 1 saturated carbocycles. The van der Waals surface area contributed by atoms with Gasteiger partial charge >= 0.3 is 0 Å². The van der Waals surface area contributed by atoms with Crippen LogP contribution in [0.2, 0.25) is 5.02 Å². The highest BCUT2D eigenvalue weighted by atomic mass is 35.5. The van der Waals surface area contributed by atoms with Crippen molar-refractivity contribution in [3.8, 4) is 0 Å². The molecule has 2 aromatic rings. The van der Waals surface area contributed by atoms with Gasteiger partial charge in [0.25, 0.3) is 0 Å². The third kappa shape index (κ3) is 3.31. The van der Waals surface area contributed by atoms with E-state index in [2.05, 4.69) is 25.2 Å². The van der Waals surface area contributed by atoms with Gasteiger partial charge < -0.3 is 9.88 Å². The number of nitrogens with one attached hydrogen (secondary N) is 1. The Morgan fingerprint density at radius 1 is 1.42 bits per heavy atom. The van der Waals surface area contributed by atoms with E-state index in [4.69, 9.17) is 11.6 Å². The Balaban J connectivity index is 1.66. The molecule has 1 atom stereocenters. The van der Waals surface area contributed by atoms with Gasteiger partial charge in [-0.15, -0.1) is 10.2 Å². The number of hydrogen-bond donors (Lipinski definition) is 1. The first-order valence-electron chi connectivity index (χ1n) is 8.35. The largest absolute Gasteiger partial charge is 0.345 e. The molecule has 1 aliphatic carbocycles. The summed E-state index contributed by atoms with van der Waals surface area (Å²) in [5.41, 5.74) is 1.53. The summed E-state index contributed by atoms with van der Waals surface area (Å²) in [7, 11) is 0. The molecular formula is C16H23ClN6O. The molecule has 0 saturated heterocycles. The molecule has 7 nitrogen and oxygen atoms in total. The fourth-order valence-electron chi connectivity index (χ4n) is 3.34. The van der Waals surface area contributed by atoms with E-state index in [0.29, 0.717) is 11.1 Å². The highest BCUT2D eigenvalue weighted by molar-refractivity contribution is 6.31. The number of aryl methyl sites for hydroxylation is 1. The molecule has 1 amide bonds. The van der Waals surface area contributed by atoms with Crippen LogP contribution in [-0.2, 0) is 11.3 Å². The standard InChI is InChI=1S/C16H23ClN6O/c1-10-15(17)12(3)23(21-10)8-14(24)19-11(2)16-20-18-9-22(16)13-6-4-5-7-13/h9,11,13H,4-8H2,1-3H3,(H,19,24)/t11-/m1/s1. The number of nitrogens with zero attached hydrogens (tertiary/aromatic N) is 5. The fraction of sp³-hybridized carbons (Fsp3) is 0.625. The van der Waals surface area contributed by atoms with Gasteiger partial charge in [0.2, 0.25) is 5.91 Å². The topological polar surface area (TPSA) is 77.6 Å². The molecule has 0 aromatic carbocycles. The summed E-state index contributed by atoms with van der Waals surface area (Å²) in [6.07, 6.45) is 6.55. The van der Waals surface area contributed by atoms with E-state index >= 15 is 0 Å². The fourth-order valence-corrected chi connectivity index (χ4v) is 3.48. The molecule has 1 fully saturated rings. The monoisotopic (exact) mass is 350 g/mol. The van der Waals surface area contributed by atoms with Crippen LogP contribution in [0.25, 0.3) is 0 Å². The first kappa shape index (κ1) is 17.0. The van der Waals surface area contributed by atoms with Crippen molar-refractivity contribution < 1.29 is 4.79 Å². The quantitative estimate of drug-likeness (QED) is 0.899. The van der Waals surface area contributed by atoms with E-state index in [1.54, 1.807) is 11.0 Å². The van der Waals surface area contributed by atoms with Gasteiger partial charge in [-0.05, 0) is 33.6 Å². The summed E-state index contributed by atoms with van der Waals surface area (Å²) in [5.74, 6) is 0.687. The third-order valence-corrected chi connectivity index (χ3v) is 5.22. The van der Waals surface area contributed by atoms with Crippen LogP contribution >= 0.6 is 11.6 Å². The van der Waals surface area contributed by atoms with E-state index < -0.39 is 0 Å². The van der Waals surface area contributed by atoms with Gasteiger partial charge in [-0.2, -0.15) is 5.10 Å². The molecular weight excluding hydrogens is 328 g/mol. The number of hydrogen-bond acceptors (Lipinski definition) is 4. The smallest absolute Gasteiger partial charge is 0.242 e.